The molecule has 152 valence electrons. The van der Waals surface area contributed by atoms with Crippen molar-refractivity contribution in [3.8, 4) is 0 Å². The molecule has 0 aliphatic carbocycles. The van der Waals surface area contributed by atoms with E-state index in [1.807, 2.05) is 16.7 Å². The quantitative estimate of drug-likeness (QED) is 0.846. The Kier molecular flexibility index (Phi) is 5.49. The molecule has 0 radical (unpaired) electrons. The van der Waals surface area contributed by atoms with Crippen LogP contribution in [0.25, 0.3) is 0 Å². The molecule has 1 unspecified atom stereocenters. The van der Waals surface area contributed by atoms with Crippen LogP contribution in [0, 0.1) is 0 Å². The van der Waals surface area contributed by atoms with Crippen LogP contribution < -0.4 is 10.6 Å². The zero-order chi connectivity index (χ0) is 20.4. The van der Waals surface area contributed by atoms with Crippen LogP contribution in [0.15, 0.2) is 42.6 Å². The zero-order valence-corrected chi connectivity index (χ0v) is 16.8. The largest absolute Gasteiger partial charge is 0.365 e. The fourth-order valence-electron chi connectivity index (χ4n) is 4.25. The molecule has 2 aromatic rings. The van der Waals surface area contributed by atoms with Gasteiger partial charge in [-0.15, -0.1) is 0 Å². The average Bonchev–Trinajstić information content (AvgIpc) is 2.78. The lowest BCUT2D eigenvalue weighted by atomic mass is 9.98. The summed E-state index contributed by atoms with van der Waals surface area (Å²) in [5.41, 5.74) is 8.60. The minimum Gasteiger partial charge on any atom is -0.365 e. The summed E-state index contributed by atoms with van der Waals surface area (Å²) in [6.07, 6.45) is 2.65. The number of benzene rings is 1. The summed E-state index contributed by atoms with van der Waals surface area (Å²) in [5.74, 6) is 0.290. The molecule has 3 heterocycles. The van der Waals surface area contributed by atoms with Crippen molar-refractivity contribution in [2.24, 2.45) is 5.73 Å². The normalized spacial score (nSPS) is 18.2. The van der Waals surface area contributed by atoms with Crippen molar-refractivity contribution in [3.63, 3.8) is 0 Å². The molecule has 7 heteroatoms. The van der Waals surface area contributed by atoms with Crippen molar-refractivity contribution in [3.05, 3.63) is 59.3 Å². The van der Waals surface area contributed by atoms with Crippen LogP contribution in [0.5, 0.6) is 0 Å². The van der Waals surface area contributed by atoms with Crippen LogP contribution in [-0.2, 0) is 17.8 Å². The van der Waals surface area contributed by atoms with Crippen LogP contribution in [0.4, 0.5) is 5.82 Å². The maximum atomic E-state index is 13.1. The van der Waals surface area contributed by atoms with E-state index < -0.39 is 5.91 Å². The monoisotopic (exact) mass is 393 g/mol. The summed E-state index contributed by atoms with van der Waals surface area (Å²) >= 11 is 0. The molecule has 2 amide bonds. The van der Waals surface area contributed by atoms with Gasteiger partial charge in [0.2, 0.25) is 5.91 Å². The Morgan fingerprint density at radius 1 is 1.00 bits per heavy atom. The van der Waals surface area contributed by atoms with E-state index in [1.165, 1.54) is 11.1 Å². The van der Waals surface area contributed by atoms with Crippen LogP contribution in [0.1, 0.15) is 28.4 Å². The number of nitrogens with zero attached hydrogens (tertiary/aromatic N) is 4. The van der Waals surface area contributed by atoms with Gasteiger partial charge in [0.1, 0.15) is 5.82 Å². The third-order valence-electron chi connectivity index (χ3n) is 6.01. The van der Waals surface area contributed by atoms with Gasteiger partial charge in [0.25, 0.3) is 5.91 Å². The second-order valence-electron chi connectivity index (χ2n) is 7.72. The first-order valence-electron chi connectivity index (χ1n) is 10.1. The topological polar surface area (TPSA) is 82.8 Å². The first kappa shape index (κ1) is 19.4. The molecule has 0 saturated carbocycles. The number of amides is 2. The lowest BCUT2D eigenvalue weighted by Crippen LogP contribution is -2.55. The second kappa shape index (κ2) is 8.21. The van der Waals surface area contributed by atoms with Gasteiger partial charge in [-0.3, -0.25) is 14.5 Å². The summed E-state index contributed by atoms with van der Waals surface area (Å²) in [4.78, 5) is 35.3. The van der Waals surface area contributed by atoms with Gasteiger partial charge in [0, 0.05) is 45.5 Å². The highest BCUT2D eigenvalue weighted by Crippen LogP contribution is 2.22. The third-order valence-corrected chi connectivity index (χ3v) is 6.01. The van der Waals surface area contributed by atoms with Crippen LogP contribution in [-0.4, -0.2) is 65.4 Å². The SMILES string of the molecule is CC(C(=O)N1CCN(c2ncccc2C(N)=O)CC1)N1CCc2ccccc2C1. The minimum absolute atomic E-state index is 0.147. The van der Waals surface area contributed by atoms with Crippen molar-refractivity contribution in [2.45, 2.75) is 25.9 Å². The van der Waals surface area contributed by atoms with Gasteiger partial charge in [0.15, 0.2) is 0 Å². The smallest absolute Gasteiger partial charge is 0.252 e. The molecule has 2 N–H and O–H groups in total. The van der Waals surface area contributed by atoms with E-state index in [-0.39, 0.29) is 11.9 Å². The second-order valence-corrected chi connectivity index (χ2v) is 7.72. The van der Waals surface area contributed by atoms with E-state index in [0.717, 1.165) is 19.5 Å². The number of nitrogens with two attached hydrogens (primary N) is 1. The van der Waals surface area contributed by atoms with Gasteiger partial charge < -0.3 is 15.5 Å². The number of primary amides is 1. The molecule has 1 aromatic carbocycles. The highest BCUT2D eigenvalue weighted by Gasteiger charge is 2.31. The Labute approximate surface area is 171 Å². The van der Waals surface area contributed by atoms with E-state index >= 15 is 0 Å². The van der Waals surface area contributed by atoms with E-state index in [0.29, 0.717) is 37.6 Å². The van der Waals surface area contributed by atoms with E-state index in [2.05, 4.69) is 34.1 Å². The molecule has 2 aliphatic rings. The average molecular weight is 393 g/mol. The third kappa shape index (κ3) is 3.96. The molecule has 1 atom stereocenters. The highest BCUT2D eigenvalue weighted by molar-refractivity contribution is 5.97. The predicted octanol–water partition coefficient (Wildman–Crippen LogP) is 1.28. The number of carbonyl (C=O) groups excluding carboxylic acids is 2. The van der Waals surface area contributed by atoms with Gasteiger partial charge in [0.05, 0.1) is 11.6 Å². The molecule has 1 saturated heterocycles. The Balaban J connectivity index is 1.38. The molecule has 2 aliphatic heterocycles. The van der Waals surface area contributed by atoms with Crippen molar-refractivity contribution in [2.75, 3.05) is 37.6 Å². The molecular formula is C22H27N5O2. The van der Waals surface area contributed by atoms with E-state index in [9.17, 15) is 9.59 Å². The molecule has 1 aromatic heterocycles. The number of carbonyl (C=O) groups is 2. The summed E-state index contributed by atoms with van der Waals surface area (Å²) in [7, 11) is 0. The van der Waals surface area contributed by atoms with Crippen LogP contribution in [0.2, 0.25) is 0 Å². The van der Waals surface area contributed by atoms with Crippen molar-refractivity contribution in [1.82, 2.24) is 14.8 Å². The number of piperazine rings is 1. The van der Waals surface area contributed by atoms with Gasteiger partial charge in [-0.25, -0.2) is 4.98 Å². The molecule has 4 rings (SSSR count). The van der Waals surface area contributed by atoms with Gasteiger partial charge in [-0.1, -0.05) is 24.3 Å². The Morgan fingerprint density at radius 2 is 1.72 bits per heavy atom. The van der Waals surface area contributed by atoms with Gasteiger partial charge in [-0.2, -0.15) is 0 Å². The summed E-state index contributed by atoms with van der Waals surface area (Å²) < 4.78 is 0. The predicted molar refractivity (Wildman–Crippen MR) is 112 cm³/mol. The number of hydrogen-bond acceptors (Lipinski definition) is 5. The number of rotatable bonds is 4. The van der Waals surface area contributed by atoms with Crippen molar-refractivity contribution in [1.29, 1.82) is 0 Å². The first-order valence-corrected chi connectivity index (χ1v) is 10.1. The number of pyridine rings is 1. The molecule has 7 nitrogen and oxygen atoms in total. The zero-order valence-electron chi connectivity index (χ0n) is 16.8. The summed E-state index contributed by atoms with van der Waals surface area (Å²) in [5, 5.41) is 0. The fourth-order valence-corrected chi connectivity index (χ4v) is 4.25. The molecule has 0 bridgehead atoms. The molecule has 1 fully saturated rings. The van der Waals surface area contributed by atoms with Crippen LogP contribution in [0.3, 0.4) is 0 Å². The Bertz CT molecular complexity index is 908. The summed E-state index contributed by atoms with van der Waals surface area (Å²) in [6.45, 7) is 6.23. The maximum Gasteiger partial charge on any atom is 0.252 e. The lowest BCUT2D eigenvalue weighted by molar-refractivity contribution is -0.137. The van der Waals surface area contributed by atoms with Gasteiger partial charge >= 0.3 is 0 Å². The number of aromatic nitrogens is 1. The van der Waals surface area contributed by atoms with Crippen molar-refractivity contribution < 1.29 is 9.59 Å². The fraction of sp³-hybridized carbons (Fsp3) is 0.409. The van der Waals surface area contributed by atoms with Gasteiger partial charge in [-0.05, 0) is 36.6 Å². The molecule has 29 heavy (non-hydrogen) atoms. The minimum atomic E-state index is -0.481. The van der Waals surface area contributed by atoms with Crippen molar-refractivity contribution >= 4 is 17.6 Å². The number of hydrogen-bond donors (Lipinski definition) is 1. The lowest BCUT2D eigenvalue weighted by Gasteiger charge is -2.40. The summed E-state index contributed by atoms with van der Waals surface area (Å²) in [6, 6.07) is 11.7. The Morgan fingerprint density at radius 3 is 2.45 bits per heavy atom. The van der Waals surface area contributed by atoms with Crippen LogP contribution >= 0.6 is 0 Å². The molecule has 0 spiro atoms. The van der Waals surface area contributed by atoms with E-state index in [4.69, 9.17) is 5.73 Å². The standard InChI is InChI=1S/C22H27N5O2/c1-16(27-10-8-17-5-2-3-6-18(17)15-27)22(29)26-13-11-25(12-14-26)21-19(20(23)28)7-4-9-24-21/h2-7,9,16H,8,10-15H2,1H3,(H2,23,28). The maximum absolute atomic E-state index is 13.1. The first-order chi connectivity index (χ1) is 14.0. The highest BCUT2D eigenvalue weighted by atomic mass is 16.2. The molecular weight excluding hydrogens is 366 g/mol. The van der Waals surface area contributed by atoms with E-state index in [1.54, 1.807) is 18.3 Å². The number of fused-ring (bicyclic) bond motifs is 1. The Hall–Kier alpha value is -2.93. The number of anilines is 1.